The van der Waals surface area contributed by atoms with Crippen LogP contribution in [0.4, 0.5) is 0 Å². The minimum Gasteiger partial charge on any atom is -0.330 e. The Balaban J connectivity index is 2.23. The molecule has 0 aliphatic carbocycles. The van der Waals surface area contributed by atoms with Crippen LogP contribution in [0.2, 0.25) is 0 Å². The highest BCUT2D eigenvalue weighted by molar-refractivity contribution is 5.91. The quantitative estimate of drug-likeness (QED) is 0.737. The maximum Gasteiger partial charge on any atom is 0.294 e. The van der Waals surface area contributed by atoms with Crippen molar-refractivity contribution in [2.24, 2.45) is 0 Å². The van der Waals surface area contributed by atoms with E-state index in [1.165, 1.54) is 0 Å². The first-order valence-electron chi connectivity index (χ1n) is 5.23. The molecule has 1 aromatic carbocycles. The summed E-state index contributed by atoms with van der Waals surface area (Å²) in [6.45, 7) is 1.94. The van der Waals surface area contributed by atoms with E-state index < -0.39 is 0 Å². The largest absolute Gasteiger partial charge is 0.330 e. The lowest BCUT2D eigenvalue weighted by Crippen LogP contribution is -1.97. The molecule has 0 unspecified atom stereocenters. The summed E-state index contributed by atoms with van der Waals surface area (Å²) in [5.74, 6) is 0.456. The van der Waals surface area contributed by atoms with Gasteiger partial charge in [0.2, 0.25) is 11.6 Å². The van der Waals surface area contributed by atoms with Gasteiger partial charge in [-0.15, -0.1) is 0 Å². The van der Waals surface area contributed by atoms with Gasteiger partial charge in [0.25, 0.3) is 5.89 Å². The number of Topliss-reactive ketones (excluding diaryl/α,β-unsaturated/α-hetero) is 1. The lowest BCUT2D eigenvalue weighted by molar-refractivity contribution is 0.0939. The summed E-state index contributed by atoms with van der Waals surface area (Å²) >= 11 is 0. The molecule has 0 bridgehead atoms. The maximum atomic E-state index is 11.5. The van der Waals surface area contributed by atoms with E-state index in [0.717, 1.165) is 12.0 Å². The summed E-state index contributed by atoms with van der Waals surface area (Å²) in [5.41, 5.74) is 0.849. The number of ketones is 1. The number of benzene rings is 1. The number of hydrogen-bond donors (Lipinski definition) is 0. The van der Waals surface area contributed by atoms with E-state index in [0.29, 0.717) is 12.2 Å². The molecule has 16 heavy (non-hydrogen) atoms. The van der Waals surface area contributed by atoms with E-state index in [4.69, 9.17) is 4.52 Å². The molecule has 2 aromatic rings. The Bertz CT molecular complexity index is 477. The Morgan fingerprint density at radius 2 is 2.06 bits per heavy atom. The highest BCUT2D eigenvalue weighted by Gasteiger charge is 2.14. The molecular formula is C12H12N2O2. The van der Waals surface area contributed by atoms with E-state index >= 15 is 0 Å². The second-order valence-corrected chi connectivity index (χ2v) is 3.46. The molecule has 2 rings (SSSR count). The van der Waals surface area contributed by atoms with Gasteiger partial charge in [0.05, 0.1) is 0 Å². The van der Waals surface area contributed by atoms with E-state index in [-0.39, 0.29) is 11.7 Å². The molecule has 0 radical (unpaired) electrons. The van der Waals surface area contributed by atoms with Gasteiger partial charge < -0.3 is 4.52 Å². The molecule has 0 N–H and O–H groups in total. The van der Waals surface area contributed by atoms with E-state index in [1.54, 1.807) is 0 Å². The number of nitrogens with zero attached hydrogens (tertiary/aromatic N) is 2. The predicted molar refractivity (Wildman–Crippen MR) is 59.0 cm³/mol. The lowest BCUT2D eigenvalue weighted by Gasteiger charge is -1.90. The van der Waals surface area contributed by atoms with Crippen LogP contribution >= 0.6 is 0 Å². The van der Waals surface area contributed by atoms with Gasteiger partial charge in [0.1, 0.15) is 0 Å². The van der Waals surface area contributed by atoms with Gasteiger partial charge in [-0.1, -0.05) is 42.4 Å². The fourth-order valence-electron chi connectivity index (χ4n) is 1.38. The van der Waals surface area contributed by atoms with Crippen LogP contribution in [0.15, 0.2) is 34.9 Å². The lowest BCUT2D eigenvalue weighted by atomic mass is 10.2. The van der Waals surface area contributed by atoms with Crippen LogP contribution < -0.4 is 0 Å². The van der Waals surface area contributed by atoms with Gasteiger partial charge in [0, 0.05) is 12.0 Å². The van der Waals surface area contributed by atoms with Crippen molar-refractivity contribution in [3.05, 3.63) is 36.2 Å². The Kier molecular flexibility index (Phi) is 3.10. The van der Waals surface area contributed by atoms with Crippen LogP contribution in [0, 0.1) is 0 Å². The minimum atomic E-state index is -0.0998. The number of aromatic nitrogens is 2. The first-order chi connectivity index (χ1) is 7.81. The normalized spacial score (nSPS) is 10.3. The maximum absolute atomic E-state index is 11.5. The summed E-state index contributed by atoms with van der Waals surface area (Å²) in [4.78, 5) is 15.6. The van der Waals surface area contributed by atoms with Gasteiger partial charge in [-0.2, -0.15) is 4.98 Å². The molecular weight excluding hydrogens is 204 g/mol. The van der Waals surface area contributed by atoms with Gasteiger partial charge in [-0.25, -0.2) is 0 Å². The molecule has 4 nitrogen and oxygen atoms in total. The van der Waals surface area contributed by atoms with Gasteiger partial charge in [0.15, 0.2) is 0 Å². The van der Waals surface area contributed by atoms with Crippen molar-refractivity contribution in [3.63, 3.8) is 0 Å². The smallest absolute Gasteiger partial charge is 0.294 e. The summed E-state index contributed by atoms with van der Waals surface area (Å²) in [6, 6.07) is 9.43. The number of carbonyl (C=O) groups is 1. The second-order valence-electron chi connectivity index (χ2n) is 3.46. The van der Waals surface area contributed by atoms with E-state index in [2.05, 4.69) is 10.1 Å². The topological polar surface area (TPSA) is 56.0 Å². The van der Waals surface area contributed by atoms with Crippen molar-refractivity contribution in [1.82, 2.24) is 10.1 Å². The van der Waals surface area contributed by atoms with Crippen LogP contribution in [-0.2, 0) is 0 Å². The second kappa shape index (κ2) is 4.70. The molecule has 0 aliphatic heterocycles. The first kappa shape index (κ1) is 10.5. The zero-order valence-corrected chi connectivity index (χ0v) is 9.01. The highest BCUT2D eigenvalue weighted by Crippen LogP contribution is 2.15. The molecule has 0 spiro atoms. The molecule has 82 valence electrons. The monoisotopic (exact) mass is 216 g/mol. The van der Waals surface area contributed by atoms with Gasteiger partial charge in [-0.3, -0.25) is 4.79 Å². The van der Waals surface area contributed by atoms with Crippen molar-refractivity contribution in [1.29, 1.82) is 0 Å². The van der Waals surface area contributed by atoms with Crippen LogP contribution in [0.5, 0.6) is 0 Å². The van der Waals surface area contributed by atoms with Crippen molar-refractivity contribution < 1.29 is 9.32 Å². The summed E-state index contributed by atoms with van der Waals surface area (Å²) in [7, 11) is 0. The molecule has 1 aromatic heterocycles. The minimum absolute atomic E-state index is 0.0979. The SMILES string of the molecule is CCCC(=O)c1nc(-c2ccccc2)no1. The zero-order valence-electron chi connectivity index (χ0n) is 9.01. The van der Waals surface area contributed by atoms with Crippen molar-refractivity contribution in [2.75, 3.05) is 0 Å². The predicted octanol–water partition coefficient (Wildman–Crippen LogP) is 2.72. The van der Waals surface area contributed by atoms with Crippen molar-refractivity contribution in [3.8, 4) is 11.4 Å². The van der Waals surface area contributed by atoms with Crippen LogP contribution in [0.3, 0.4) is 0 Å². The van der Waals surface area contributed by atoms with E-state index in [9.17, 15) is 4.79 Å². The number of carbonyl (C=O) groups excluding carboxylic acids is 1. The highest BCUT2D eigenvalue weighted by atomic mass is 16.5. The number of rotatable bonds is 4. The Morgan fingerprint density at radius 1 is 1.31 bits per heavy atom. The zero-order chi connectivity index (χ0) is 11.4. The van der Waals surface area contributed by atoms with Crippen LogP contribution in [-0.4, -0.2) is 15.9 Å². The average Bonchev–Trinajstić information content (AvgIpc) is 2.80. The fourth-order valence-corrected chi connectivity index (χ4v) is 1.38. The van der Waals surface area contributed by atoms with Crippen molar-refractivity contribution in [2.45, 2.75) is 19.8 Å². The third-order valence-corrected chi connectivity index (χ3v) is 2.17. The van der Waals surface area contributed by atoms with Crippen LogP contribution in [0.25, 0.3) is 11.4 Å². The molecule has 1 heterocycles. The molecule has 0 aliphatic rings. The van der Waals surface area contributed by atoms with E-state index in [1.807, 2.05) is 37.3 Å². The molecule has 0 fully saturated rings. The first-order valence-corrected chi connectivity index (χ1v) is 5.23. The Morgan fingerprint density at radius 3 is 2.75 bits per heavy atom. The molecule has 4 heteroatoms. The third-order valence-electron chi connectivity index (χ3n) is 2.17. The summed E-state index contributed by atoms with van der Waals surface area (Å²) in [6.07, 6.45) is 1.22. The number of hydrogen-bond acceptors (Lipinski definition) is 4. The molecule has 0 amide bonds. The van der Waals surface area contributed by atoms with Gasteiger partial charge in [-0.05, 0) is 6.42 Å². The van der Waals surface area contributed by atoms with Crippen molar-refractivity contribution >= 4 is 5.78 Å². The fraction of sp³-hybridized carbons (Fsp3) is 0.250. The standard InChI is InChI=1S/C12H12N2O2/c1-2-6-10(15)12-13-11(14-16-12)9-7-4-3-5-8-9/h3-5,7-8H,2,6H2,1H3. The molecule has 0 atom stereocenters. The summed E-state index contributed by atoms with van der Waals surface area (Å²) < 4.78 is 4.92. The third kappa shape index (κ3) is 2.16. The Labute approximate surface area is 93.3 Å². The Hall–Kier alpha value is -1.97. The molecule has 0 saturated heterocycles. The van der Waals surface area contributed by atoms with Gasteiger partial charge >= 0.3 is 0 Å². The average molecular weight is 216 g/mol. The summed E-state index contributed by atoms with van der Waals surface area (Å²) in [5, 5.41) is 3.78. The van der Waals surface area contributed by atoms with Crippen LogP contribution in [0.1, 0.15) is 30.5 Å². The molecule has 0 saturated carbocycles.